The van der Waals surface area contributed by atoms with Crippen LogP contribution in [0.1, 0.15) is 12.8 Å². The molecular formula is C17H22N4O2S. The molecule has 0 radical (unpaired) electrons. The highest BCUT2D eigenvalue weighted by Crippen LogP contribution is 2.42. The molecule has 1 atom stereocenters. The smallest absolute Gasteiger partial charge is 0.145 e. The van der Waals surface area contributed by atoms with Crippen LogP contribution in [-0.2, 0) is 11.0 Å². The van der Waals surface area contributed by atoms with Crippen LogP contribution in [-0.4, -0.2) is 58.0 Å². The Bertz CT molecular complexity index is 781. The lowest BCUT2D eigenvalue weighted by atomic mass is 9.73. The zero-order valence-electron chi connectivity index (χ0n) is 14.1. The number of para-hydroxylation sites is 1. The zero-order valence-corrected chi connectivity index (χ0v) is 14.9. The first-order valence-corrected chi connectivity index (χ1v) is 9.75. The van der Waals surface area contributed by atoms with Crippen molar-refractivity contribution in [3.8, 4) is 5.75 Å². The SMILES string of the molecule is COc1cccc2c(N3CCC4(CC3)CN(S(C)=O)C4)ncnc12. The lowest BCUT2D eigenvalue weighted by molar-refractivity contribution is 0.0482. The van der Waals surface area contributed by atoms with E-state index in [-0.39, 0.29) is 0 Å². The Balaban J connectivity index is 1.54. The molecule has 3 heterocycles. The van der Waals surface area contributed by atoms with Gasteiger partial charge in [-0.2, -0.15) is 0 Å². The summed E-state index contributed by atoms with van der Waals surface area (Å²) in [6, 6.07) is 5.97. The van der Waals surface area contributed by atoms with Crippen molar-refractivity contribution in [2.45, 2.75) is 12.8 Å². The summed E-state index contributed by atoms with van der Waals surface area (Å²) < 4.78 is 19.0. The van der Waals surface area contributed by atoms with Crippen LogP contribution >= 0.6 is 0 Å². The van der Waals surface area contributed by atoms with Crippen LogP contribution in [0.25, 0.3) is 10.9 Å². The van der Waals surface area contributed by atoms with Crippen molar-refractivity contribution in [3.05, 3.63) is 24.5 Å². The van der Waals surface area contributed by atoms with E-state index < -0.39 is 11.0 Å². The molecule has 1 spiro atoms. The van der Waals surface area contributed by atoms with Crippen molar-refractivity contribution in [1.29, 1.82) is 0 Å². The topological polar surface area (TPSA) is 58.6 Å². The monoisotopic (exact) mass is 346 g/mol. The predicted molar refractivity (Wildman–Crippen MR) is 95.6 cm³/mol. The summed E-state index contributed by atoms with van der Waals surface area (Å²) in [5.74, 6) is 1.77. The minimum Gasteiger partial charge on any atom is -0.494 e. The Labute approximate surface area is 144 Å². The maximum absolute atomic E-state index is 11.5. The van der Waals surface area contributed by atoms with Gasteiger partial charge in [-0.25, -0.2) is 18.5 Å². The maximum atomic E-state index is 11.5. The summed E-state index contributed by atoms with van der Waals surface area (Å²) in [5, 5.41) is 1.04. The summed E-state index contributed by atoms with van der Waals surface area (Å²) in [5.41, 5.74) is 1.21. The maximum Gasteiger partial charge on any atom is 0.145 e. The van der Waals surface area contributed by atoms with E-state index in [0.29, 0.717) is 5.41 Å². The molecule has 24 heavy (non-hydrogen) atoms. The number of anilines is 1. The Morgan fingerprint density at radius 3 is 2.62 bits per heavy atom. The summed E-state index contributed by atoms with van der Waals surface area (Å²) in [6.07, 6.45) is 5.63. The van der Waals surface area contributed by atoms with E-state index in [1.807, 2.05) is 12.1 Å². The first kappa shape index (κ1) is 15.8. The standard InChI is InChI=1S/C17H22N4O2S/c1-23-14-5-3-4-13-15(14)18-12-19-16(13)20-8-6-17(7-9-20)10-21(11-17)24(2)22/h3-5,12H,6-11H2,1-2H3. The normalized spacial score (nSPS) is 21.7. The van der Waals surface area contributed by atoms with Crippen molar-refractivity contribution in [3.63, 3.8) is 0 Å². The molecule has 6 nitrogen and oxygen atoms in total. The number of benzene rings is 1. The van der Waals surface area contributed by atoms with Gasteiger partial charge in [0, 0.05) is 43.2 Å². The molecule has 0 amide bonds. The quantitative estimate of drug-likeness (QED) is 0.849. The summed E-state index contributed by atoms with van der Waals surface area (Å²) >= 11 is 0. The fourth-order valence-electron chi connectivity index (χ4n) is 3.86. The molecule has 1 unspecified atom stereocenters. The lowest BCUT2D eigenvalue weighted by Crippen LogP contribution is -2.60. The number of aromatic nitrogens is 2. The molecule has 1 aromatic carbocycles. The summed E-state index contributed by atoms with van der Waals surface area (Å²) in [6.45, 7) is 3.88. The van der Waals surface area contributed by atoms with Crippen molar-refractivity contribution in [2.75, 3.05) is 44.4 Å². The second kappa shape index (κ2) is 5.97. The lowest BCUT2D eigenvalue weighted by Gasteiger charge is -2.53. The van der Waals surface area contributed by atoms with Gasteiger partial charge in [0.05, 0.1) is 18.1 Å². The molecule has 0 N–H and O–H groups in total. The van der Waals surface area contributed by atoms with Crippen molar-refractivity contribution >= 4 is 27.7 Å². The Morgan fingerprint density at radius 2 is 1.96 bits per heavy atom. The predicted octanol–water partition coefficient (Wildman–Crippen LogP) is 1.83. The highest BCUT2D eigenvalue weighted by Gasteiger charge is 2.46. The molecule has 0 bridgehead atoms. The van der Waals surface area contributed by atoms with E-state index in [2.05, 4.69) is 25.2 Å². The van der Waals surface area contributed by atoms with Crippen LogP contribution in [0.15, 0.2) is 24.5 Å². The first-order valence-electron chi connectivity index (χ1n) is 8.23. The van der Waals surface area contributed by atoms with Gasteiger partial charge in [0.25, 0.3) is 0 Å². The Kier molecular flexibility index (Phi) is 3.92. The van der Waals surface area contributed by atoms with Gasteiger partial charge in [0.15, 0.2) is 0 Å². The van der Waals surface area contributed by atoms with E-state index >= 15 is 0 Å². The van der Waals surface area contributed by atoms with E-state index in [1.54, 1.807) is 19.7 Å². The van der Waals surface area contributed by atoms with Crippen LogP contribution in [0.2, 0.25) is 0 Å². The molecule has 4 rings (SSSR count). The number of hydrogen-bond acceptors (Lipinski definition) is 5. The third-order valence-electron chi connectivity index (χ3n) is 5.34. The second-order valence-corrected chi connectivity index (χ2v) is 8.13. The van der Waals surface area contributed by atoms with Crippen molar-refractivity contribution in [2.24, 2.45) is 5.41 Å². The van der Waals surface area contributed by atoms with Gasteiger partial charge in [0.1, 0.15) is 23.4 Å². The van der Waals surface area contributed by atoms with Crippen LogP contribution in [0.3, 0.4) is 0 Å². The summed E-state index contributed by atoms with van der Waals surface area (Å²) in [4.78, 5) is 11.3. The number of nitrogens with zero attached hydrogens (tertiary/aromatic N) is 4. The third-order valence-corrected chi connectivity index (χ3v) is 6.32. The first-order chi connectivity index (χ1) is 11.6. The van der Waals surface area contributed by atoms with Gasteiger partial charge in [-0.3, -0.25) is 0 Å². The Morgan fingerprint density at radius 1 is 1.21 bits per heavy atom. The fraction of sp³-hybridized carbons (Fsp3) is 0.529. The minimum absolute atomic E-state index is 0.350. The van der Waals surface area contributed by atoms with Gasteiger partial charge in [-0.05, 0) is 25.0 Å². The van der Waals surface area contributed by atoms with Crippen LogP contribution < -0.4 is 9.64 Å². The fourth-order valence-corrected chi connectivity index (χ4v) is 4.77. The molecule has 0 saturated carbocycles. The molecule has 2 aliphatic heterocycles. The second-order valence-electron chi connectivity index (χ2n) is 6.76. The molecule has 1 aromatic heterocycles. The van der Waals surface area contributed by atoms with Crippen LogP contribution in [0.5, 0.6) is 5.75 Å². The average Bonchev–Trinajstić information content (AvgIpc) is 2.58. The van der Waals surface area contributed by atoms with Crippen LogP contribution in [0, 0.1) is 5.41 Å². The summed E-state index contributed by atoms with van der Waals surface area (Å²) in [7, 11) is 0.835. The largest absolute Gasteiger partial charge is 0.494 e. The minimum atomic E-state index is -0.833. The number of ether oxygens (including phenoxy) is 1. The number of hydrogen-bond donors (Lipinski definition) is 0. The van der Waals surface area contributed by atoms with Crippen LogP contribution in [0.4, 0.5) is 5.82 Å². The van der Waals surface area contributed by atoms with Crippen molar-refractivity contribution in [1.82, 2.24) is 14.3 Å². The van der Waals surface area contributed by atoms with Gasteiger partial charge >= 0.3 is 0 Å². The number of rotatable bonds is 3. The molecular weight excluding hydrogens is 324 g/mol. The Hall–Kier alpha value is -1.73. The molecule has 2 fully saturated rings. The van der Waals surface area contributed by atoms with Gasteiger partial charge in [-0.1, -0.05) is 6.07 Å². The van der Waals surface area contributed by atoms with E-state index in [4.69, 9.17) is 4.74 Å². The van der Waals surface area contributed by atoms with Crippen molar-refractivity contribution < 1.29 is 8.95 Å². The van der Waals surface area contributed by atoms with E-state index in [0.717, 1.165) is 61.5 Å². The number of piperidine rings is 1. The zero-order chi connectivity index (χ0) is 16.7. The number of fused-ring (bicyclic) bond motifs is 1. The molecule has 128 valence electrons. The highest BCUT2D eigenvalue weighted by atomic mass is 32.2. The average molecular weight is 346 g/mol. The number of methoxy groups -OCH3 is 1. The van der Waals surface area contributed by atoms with E-state index in [9.17, 15) is 4.21 Å². The molecule has 2 saturated heterocycles. The van der Waals surface area contributed by atoms with E-state index in [1.165, 1.54) is 0 Å². The molecule has 2 aromatic rings. The molecule has 0 aliphatic carbocycles. The van der Waals surface area contributed by atoms with Gasteiger partial charge in [0.2, 0.25) is 0 Å². The molecule has 7 heteroatoms. The highest BCUT2D eigenvalue weighted by molar-refractivity contribution is 7.81. The van der Waals surface area contributed by atoms with Gasteiger partial charge in [-0.15, -0.1) is 0 Å². The molecule has 2 aliphatic rings. The third kappa shape index (κ3) is 2.56. The van der Waals surface area contributed by atoms with Gasteiger partial charge < -0.3 is 9.64 Å².